The maximum atomic E-state index is 11.2. The van der Waals surface area contributed by atoms with Crippen molar-refractivity contribution >= 4 is 15.7 Å². The number of nitrogens with one attached hydrogen (secondary N) is 1. The molecule has 0 heterocycles. The van der Waals surface area contributed by atoms with Gasteiger partial charge in [0.15, 0.2) is 0 Å². The lowest BCUT2D eigenvalue weighted by Crippen LogP contribution is -2.11. The fourth-order valence-corrected chi connectivity index (χ4v) is 1.94. The van der Waals surface area contributed by atoms with Gasteiger partial charge in [0.05, 0.1) is 25.2 Å². The van der Waals surface area contributed by atoms with Gasteiger partial charge in [0.2, 0.25) is 10.0 Å². The molecule has 0 bridgehead atoms. The zero-order valence-corrected chi connectivity index (χ0v) is 10.6. The highest BCUT2D eigenvalue weighted by Gasteiger charge is 2.25. The molecule has 0 spiro atoms. The summed E-state index contributed by atoms with van der Waals surface area (Å²) in [5.74, 6) is 1.12. The summed E-state index contributed by atoms with van der Waals surface area (Å²) in [4.78, 5) is 0. The van der Waals surface area contributed by atoms with E-state index >= 15 is 0 Å². The molecule has 0 unspecified atom stereocenters. The Labute approximate surface area is 101 Å². The first-order valence-corrected chi connectivity index (χ1v) is 7.19. The van der Waals surface area contributed by atoms with Gasteiger partial charge < -0.3 is 9.47 Å². The summed E-state index contributed by atoms with van der Waals surface area (Å²) in [6, 6.07) is 5.06. The number of hydrogen-bond donors (Lipinski definition) is 1. The second kappa shape index (κ2) is 4.44. The van der Waals surface area contributed by atoms with Crippen molar-refractivity contribution in [2.45, 2.75) is 18.9 Å². The number of benzene rings is 1. The lowest BCUT2D eigenvalue weighted by Gasteiger charge is -2.13. The molecule has 0 atom stereocenters. The number of methoxy groups -OCH3 is 1. The number of sulfonamides is 1. The lowest BCUT2D eigenvalue weighted by molar-refractivity contribution is 0.304. The minimum absolute atomic E-state index is 0.212. The van der Waals surface area contributed by atoms with E-state index in [4.69, 9.17) is 9.47 Å². The Kier molecular flexibility index (Phi) is 3.15. The summed E-state index contributed by atoms with van der Waals surface area (Å²) in [6.45, 7) is 0. The summed E-state index contributed by atoms with van der Waals surface area (Å²) >= 11 is 0. The molecule has 0 aliphatic heterocycles. The van der Waals surface area contributed by atoms with Gasteiger partial charge >= 0.3 is 0 Å². The summed E-state index contributed by atoms with van der Waals surface area (Å²) < 4.78 is 35.6. The molecule has 0 saturated heterocycles. The van der Waals surface area contributed by atoms with Crippen LogP contribution in [0.2, 0.25) is 0 Å². The van der Waals surface area contributed by atoms with Crippen molar-refractivity contribution in [1.82, 2.24) is 0 Å². The van der Waals surface area contributed by atoms with Gasteiger partial charge in [0.1, 0.15) is 11.5 Å². The van der Waals surface area contributed by atoms with E-state index in [0.717, 1.165) is 19.1 Å². The van der Waals surface area contributed by atoms with Crippen molar-refractivity contribution in [3.63, 3.8) is 0 Å². The van der Waals surface area contributed by atoms with Gasteiger partial charge in [-0.15, -0.1) is 0 Å². The minimum atomic E-state index is -3.33. The molecule has 0 amide bonds. The highest BCUT2D eigenvalue weighted by atomic mass is 32.2. The van der Waals surface area contributed by atoms with E-state index in [-0.39, 0.29) is 6.10 Å². The van der Waals surface area contributed by atoms with Gasteiger partial charge in [-0.2, -0.15) is 0 Å². The average molecular weight is 257 g/mol. The molecule has 1 fully saturated rings. The Bertz CT molecular complexity index is 508. The summed E-state index contributed by atoms with van der Waals surface area (Å²) in [6.07, 6.45) is 3.35. The van der Waals surface area contributed by atoms with Crippen molar-refractivity contribution in [1.29, 1.82) is 0 Å². The molecule has 0 radical (unpaired) electrons. The zero-order valence-electron chi connectivity index (χ0n) is 9.76. The fraction of sp³-hybridized carbons (Fsp3) is 0.455. The van der Waals surface area contributed by atoms with E-state index in [1.807, 2.05) is 0 Å². The summed E-state index contributed by atoms with van der Waals surface area (Å²) in [5.41, 5.74) is 0.416. The average Bonchev–Trinajstić information content (AvgIpc) is 3.02. The third kappa shape index (κ3) is 3.52. The van der Waals surface area contributed by atoms with Crippen LogP contribution in [-0.4, -0.2) is 27.9 Å². The van der Waals surface area contributed by atoms with Crippen molar-refractivity contribution in [2.24, 2.45) is 0 Å². The number of hydrogen-bond acceptors (Lipinski definition) is 4. The van der Waals surface area contributed by atoms with Crippen LogP contribution in [0.4, 0.5) is 5.69 Å². The monoisotopic (exact) mass is 257 g/mol. The molecule has 5 nitrogen and oxygen atoms in total. The van der Waals surface area contributed by atoms with E-state index in [1.165, 1.54) is 7.11 Å². The van der Waals surface area contributed by atoms with Crippen LogP contribution >= 0.6 is 0 Å². The maximum absolute atomic E-state index is 11.2. The van der Waals surface area contributed by atoms with Gasteiger partial charge in [-0.05, 0) is 25.0 Å². The molecule has 1 N–H and O–H groups in total. The van der Waals surface area contributed by atoms with E-state index in [0.29, 0.717) is 17.2 Å². The van der Waals surface area contributed by atoms with Crippen molar-refractivity contribution in [2.75, 3.05) is 18.1 Å². The van der Waals surface area contributed by atoms with Gasteiger partial charge in [-0.1, -0.05) is 0 Å². The molecule has 1 saturated carbocycles. The Morgan fingerprint density at radius 1 is 1.35 bits per heavy atom. The predicted octanol–water partition coefficient (Wildman–Crippen LogP) is 1.61. The second-order valence-electron chi connectivity index (χ2n) is 4.05. The molecule has 17 heavy (non-hydrogen) atoms. The quantitative estimate of drug-likeness (QED) is 0.870. The SMILES string of the molecule is COc1ccc(OC2CC2)c(NS(C)(=O)=O)c1. The van der Waals surface area contributed by atoms with Crippen molar-refractivity contribution < 1.29 is 17.9 Å². The molecular formula is C11H15NO4S. The Morgan fingerprint density at radius 3 is 2.59 bits per heavy atom. The third-order valence-corrected chi connectivity index (χ3v) is 2.89. The number of ether oxygens (including phenoxy) is 2. The van der Waals surface area contributed by atoms with Crippen molar-refractivity contribution in [3.8, 4) is 11.5 Å². The van der Waals surface area contributed by atoms with Crippen LogP contribution in [0.5, 0.6) is 11.5 Å². The Balaban J connectivity index is 2.28. The minimum Gasteiger partial charge on any atom is -0.497 e. The molecule has 6 heteroatoms. The van der Waals surface area contributed by atoms with Gasteiger partial charge in [0.25, 0.3) is 0 Å². The highest BCUT2D eigenvalue weighted by Crippen LogP contribution is 2.34. The molecule has 1 aliphatic carbocycles. The standard InChI is InChI=1S/C11H15NO4S/c1-15-9-5-6-11(16-8-3-4-8)10(7-9)12-17(2,13)14/h5-8,12H,3-4H2,1-2H3. The first-order chi connectivity index (χ1) is 7.98. The summed E-state index contributed by atoms with van der Waals surface area (Å²) in [7, 11) is -1.80. The molecular weight excluding hydrogens is 242 g/mol. The molecule has 1 aromatic rings. The molecule has 0 aromatic heterocycles. The lowest BCUT2D eigenvalue weighted by atomic mass is 10.3. The fourth-order valence-electron chi connectivity index (χ4n) is 1.38. The van der Waals surface area contributed by atoms with Gasteiger partial charge in [-0.25, -0.2) is 8.42 Å². The van der Waals surface area contributed by atoms with Crippen LogP contribution in [0, 0.1) is 0 Å². The highest BCUT2D eigenvalue weighted by molar-refractivity contribution is 7.92. The first-order valence-electron chi connectivity index (χ1n) is 5.30. The molecule has 2 rings (SSSR count). The number of rotatable bonds is 5. The molecule has 94 valence electrons. The predicted molar refractivity (Wildman–Crippen MR) is 65.1 cm³/mol. The number of anilines is 1. The van der Waals surface area contributed by atoms with Crippen molar-refractivity contribution in [3.05, 3.63) is 18.2 Å². The van der Waals surface area contributed by atoms with Crippen LogP contribution in [0.3, 0.4) is 0 Å². The Hall–Kier alpha value is -1.43. The van der Waals surface area contributed by atoms with E-state index in [2.05, 4.69) is 4.72 Å². The van der Waals surface area contributed by atoms with Gasteiger partial charge in [0, 0.05) is 6.07 Å². The topological polar surface area (TPSA) is 64.6 Å². The Morgan fingerprint density at radius 2 is 2.06 bits per heavy atom. The zero-order chi connectivity index (χ0) is 12.5. The first kappa shape index (κ1) is 12.0. The van der Waals surface area contributed by atoms with Gasteiger partial charge in [-0.3, -0.25) is 4.72 Å². The van der Waals surface area contributed by atoms with E-state index in [1.54, 1.807) is 18.2 Å². The summed E-state index contributed by atoms with van der Waals surface area (Å²) in [5, 5.41) is 0. The smallest absolute Gasteiger partial charge is 0.229 e. The molecule has 1 aliphatic rings. The second-order valence-corrected chi connectivity index (χ2v) is 5.80. The van der Waals surface area contributed by atoms with Crippen LogP contribution in [0.25, 0.3) is 0 Å². The van der Waals surface area contributed by atoms with E-state index in [9.17, 15) is 8.42 Å². The third-order valence-electron chi connectivity index (χ3n) is 2.30. The van der Waals surface area contributed by atoms with E-state index < -0.39 is 10.0 Å². The van der Waals surface area contributed by atoms with Crippen LogP contribution in [0.15, 0.2) is 18.2 Å². The van der Waals surface area contributed by atoms with Crippen LogP contribution in [-0.2, 0) is 10.0 Å². The maximum Gasteiger partial charge on any atom is 0.229 e. The largest absolute Gasteiger partial charge is 0.497 e. The van der Waals surface area contributed by atoms with Crippen LogP contribution in [0.1, 0.15) is 12.8 Å². The normalized spacial score (nSPS) is 15.4. The molecule has 1 aromatic carbocycles. The van der Waals surface area contributed by atoms with Crippen LogP contribution < -0.4 is 14.2 Å².